The van der Waals surface area contributed by atoms with Gasteiger partial charge in [0.1, 0.15) is 0 Å². The van der Waals surface area contributed by atoms with Crippen molar-refractivity contribution in [1.29, 1.82) is 0 Å². The lowest BCUT2D eigenvalue weighted by Crippen LogP contribution is -2.21. The van der Waals surface area contributed by atoms with Crippen molar-refractivity contribution in [2.75, 3.05) is 5.32 Å². The van der Waals surface area contributed by atoms with Crippen LogP contribution in [-0.4, -0.2) is 15.9 Å². The average molecular weight is 259 g/mol. The van der Waals surface area contributed by atoms with Gasteiger partial charge in [-0.05, 0) is 56.9 Å². The van der Waals surface area contributed by atoms with Crippen LogP contribution in [0.5, 0.6) is 0 Å². The number of anilines is 1. The lowest BCUT2D eigenvalue weighted by atomic mass is 9.86. The highest BCUT2D eigenvalue weighted by molar-refractivity contribution is 5.89. The summed E-state index contributed by atoms with van der Waals surface area (Å²) in [6, 6.07) is 1.91. The second-order valence-corrected chi connectivity index (χ2v) is 6.16. The number of carbonyl (C=O) groups excluding carboxylic acids is 1. The van der Waals surface area contributed by atoms with Crippen LogP contribution < -0.4 is 5.32 Å². The van der Waals surface area contributed by atoms with Gasteiger partial charge in [0.2, 0.25) is 11.9 Å². The normalized spacial score (nSPS) is 28.6. The van der Waals surface area contributed by atoms with Gasteiger partial charge in [-0.1, -0.05) is 6.42 Å². The Morgan fingerprint density at radius 3 is 2.58 bits per heavy atom. The Kier molecular flexibility index (Phi) is 3.25. The third-order valence-electron chi connectivity index (χ3n) is 4.57. The molecule has 0 radical (unpaired) electrons. The molecule has 2 bridgehead atoms. The first-order chi connectivity index (χ1) is 9.10. The molecule has 2 saturated carbocycles. The predicted octanol–water partition coefficient (Wildman–Crippen LogP) is 2.86. The van der Waals surface area contributed by atoms with Crippen LogP contribution in [-0.2, 0) is 4.79 Å². The molecular weight excluding hydrogens is 238 g/mol. The fourth-order valence-electron chi connectivity index (χ4n) is 3.82. The van der Waals surface area contributed by atoms with Crippen LogP contribution >= 0.6 is 0 Å². The third kappa shape index (κ3) is 2.77. The quantitative estimate of drug-likeness (QED) is 0.908. The van der Waals surface area contributed by atoms with Crippen LogP contribution in [0.3, 0.4) is 0 Å². The number of rotatable bonds is 3. The minimum atomic E-state index is 0.0718. The molecule has 0 saturated heterocycles. The summed E-state index contributed by atoms with van der Waals surface area (Å²) < 4.78 is 0. The zero-order valence-corrected chi connectivity index (χ0v) is 11.6. The van der Waals surface area contributed by atoms with Crippen LogP contribution in [0, 0.1) is 31.6 Å². The lowest BCUT2D eigenvalue weighted by Gasteiger charge is -2.20. The summed E-state index contributed by atoms with van der Waals surface area (Å²) in [6.07, 6.45) is 5.92. The topological polar surface area (TPSA) is 54.9 Å². The van der Waals surface area contributed by atoms with Crippen molar-refractivity contribution in [3.63, 3.8) is 0 Å². The molecule has 1 heterocycles. The zero-order chi connectivity index (χ0) is 13.4. The van der Waals surface area contributed by atoms with Gasteiger partial charge in [-0.2, -0.15) is 0 Å². The molecule has 1 N–H and O–H groups in total. The maximum atomic E-state index is 12.1. The largest absolute Gasteiger partial charge is 0.295 e. The molecule has 19 heavy (non-hydrogen) atoms. The molecule has 3 unspecified atom stereocenters. The summed E-state index contributed by atoms with van der Waals surface area (Å²) in [5, 5.41) is 2.85. The van der Waals surface area contributed by atoms with Gasteiger partial charge in [0, 0.05) is 17.8 Å². The Bertz CT molecular complexity index is 480. The molecule has 1 aromatic heterocycles. The van der Waals surface area contributed by atoms with Gasteiger partial charge in [0.15, 0.2) is 0 Å². The molecule has 102 valence electrons. The minimum absolute atomic E-state index is 0.0718. The highest BCUT2D eigenvalue weighted by Gasteiger charge is 2.40. The Morgan fingerprint density at radius 2 is 2.00 bits per heavy atom. The summed E-state index contributed by atoms with van der Waals surface area (Å²) in [4.78, 5) is 20.6. The van der Waals surface area contributed by atoms with Gasteiger partial charge < -0.3 is 0 Å². The molecular formula is C15H21N3O. The van der Waals surface area contributed by atoms with Crippen molar-refractivity contribution >= 4 is 11.9 Å². The second kappa shape index (κ2) is 4.91. The predicted molar refractivity (Wildman–Crippen MR) is 73.7 cm³/mol. The van der Waals surface area contributed by atoms with Crippen molar-refractivity contribution < 1.29 is 4.79 Å². The Balaban J connectivity index is 1.59. The number of fused-ring (bicyclic) bond motifs is 2. The summed E-state index contributed by atoms with van der Waals surface area (Å²) >= 11 is 0. The second-order valence-electron chi connectivity index (χ2n) is 6.16. The monoisotopic (exact) mass is 259 g/mol. The molecule has 3 atom stereocenters. The van der Waals surface area contributed by atoms with Crippen molar-refractivity contribution in [2.24, 2.45) is 17.8 Å². The van der Waals surface area contributed by atoms with Gasteiger partial charge in [-0.3, -0.25) is 10.1 Å². The number of amides is 1. The first-order valence-corrected chi connectivity index (χ1v) is 7.22. The average Bonchev–Trinajstić information content (AvgIpc) is 2.88. The third-order valence-corrected chi connectivity index (χ3v) is 4.57. The number of nitrogens with one attached hydrogen (secondary N) is 1. The molecule has 2 aliphatic carbocycles. The number of aryl methyl sites for hydroxylation is 2. The number of aromatic nitrogens is 2. The summed E-state index contributed by atoms with van der Waals surface area (Å²) in [7, 11) is 0. The van der Waals surface area contributed by atoms with Crippen molar-refractivity contribution in [1.82, 2.24) is 9.97 Å². The van der Waals surface area contributed by atoms with Crippen molar-refractivity contribution in [3.8, 4) is 0 Å². The molecule has 2 fully saturated rings. The van der Waals surface area contributed by atoms with E-state index in [9.17, 15) is 4.79 Å². The van der Waals surface area contributed by atoms with E-state index in [2.05, 4.69) is 15.3 Å². The molecule has 2 aliphatic rings. The van der Waals surface area contributed by atoms with Gasteiger partial charge >= 0.3 is 0 Å². The van der Waals surface area contributed by atoms with E-state index < -0.39 is 0 Å². The van der Waals surface area contributed by atoms with E-state index in [0.717, 1.165) is 23.2 Å². The van der Waals surface area contributed by atoms with E-state index in [4.69, 9.17) is 0 Å². The zero-order valence-electron chi connectivity index (χ0n) is 11.6. The first-order valence-electron chi connectivity index (χ1n) is 7.22. The molecule has 0 aromatic carbocycles. The molecule has 4 heteroatoms. The first kappa shape index (κ1) is 12.6. The van der Waals surface area contributed by atoms with Gasteiger partial charge in [-0.25, -0.2) is 9.97 Å². The van der Waals surface area contributed by atoms with Gasteiger partial charge in [0.25, 0.3) is 0 Å². The number of hydrogen-bond donors (Lipinski definition) is 1. The molecule has 4 nitrogen and oxygen atoms in total. The highest BCUT2D eigenvalue weighted by atomic mass is 16.1. The van der Waals surface area contributed by atoms with Gasteiger partial charge in [-0.15, -0.1) is 0 Å². The Labute approximate surface area is 114 Å². The summed E-state index contributed by atoms with van der Waals surface area (Å²) in [6.45, 7) is 3.83. The van der Waals surface area contributed by atoms with E-state index in [1.54, 1.807) is 0 Å². The fraction of sp³-hybridized carbons (Fsp3) is 0.667. The maximum absolute atomic E-state index is 12.1. The van der Waals surface area contributed by atoms with Crippen molar-refractivity contribution in [2.45, 2.75) is 46.0 Å². The SMILES string of the molecule is Cc1cc(C)nc(NC(=O)CC2CC3CCC2C3)n1. The molecule has 0 aliphatic heterocycles. The van der Waals surface area contributed by atoms with E-state index in [-0.39, 0.29) is 5.91 Å². The lowest BCUT2D eigenvalue weighted by molar-refractivity contribution is -0.117. The van der Waals surface area contributed by atoms with Crippen LogP contribution in [0.4, 0.5) is 5.95 Å². The maximum Gasteiger partial charge on any atom is 0.229 e. The van der Waals surface area contributed by atoms with E-state index in [1.807, 2.05) is 19.9 Å². The summed E-state index contributed by atoms with van der Waals surface area (Å²) in [5.41, 5.74) is 1.78. The number of hydrogen-bond acceptors (Lipinski definition) is 3. The molecule has 1 aromatic rings. The number of carbonyl (C=O) groups is 1. The van der Waals surface area contributed by atoms with Crippen LogP contribution in [0.15, 0.2) is 6.07 Å². The molecule has 0 spiro atoms. The van der Waals surface area contributed by atoms with Gasteiger partial charge in [0.05, 0.1) is 0 Å². The van der Waals surface area contributed by atoms with E-state index in [0.29, 0.717) is 18.3 Å². The van der Waals surface area contributed by atoms with Crippen LogP contribution in [0.1, 0.15) is 43.5 Å². The fourth-order valence-corrected chi connectivity index (χ4v) is 3.82. The Hall–Kier alpha value is -1.45. The van der Waals surface area contributed by atoms with E-state index in [1.165, 1.54) is 25.7 Å². The molecule has 3 rings (SSSR count). The summed E-state index contributed by atoms with van der Waals surface area (Å²) in [5.74, 6) is 2.79. The van der Waals surface area contributed by atoms with E-state index >= 15 is 0 Å². The highest BCUT2D eigenvalue weighted by Crippen LogP contribution is 2.49. The van der Waals surface area contributed by atoms with Crippen LogP contribution in [0.2, 0.25) is 0 Å². The van der Waals surface area contributed by atoms with Crippen LogP contribution in [0.25, 0.3) is 0 Å². The minimum Gasteiger partial charge on any atom is -0.295 e. The number of nitrogens with zero attached hydrogens (tertiary/aromatic N) is 2. The van der Waals surface area contributed by atoms with Crippen molar-refractivity contribution in [3.05, 3.63) is 17.5 Å². The standard InChI is InChI=1S/C15H21N3O/c1-9-5-10(2)17-15(16-9)18-14(19)8-13-7-11-3-4-12(13)6-11/h5,11-13H,3-4,6-8H2,1-2H3,(H,16,17,18,19). The Morgan fingerprint density at radius 1 is 1.26 bits per heavy atom. The molecule has 1 amide bonds. The smallest absolute Gasteiger partial charge is 0.229 e.